The van der Waals surface area contributed by atoms with Crippen molar-refractivity contribution >= 4 is 17.2 Å². The first kappa shape index (κ1) is 16.5. The number of thiophene rings is 1. The smallest absolute Gasteiger partial charge is 0.227 e. The van der Waals surface area contributed by atoms with Gasteiger partial charge in [0.05, 0.1) is 32.0 Å². The van der Waals surface area contributed by atoms with E-state index in [0.717, 1.165) is 17.0 Å². The predicted molar refractivity (Wildman–Crippen MR) is 93.7 cm³/mol. The number of aryl methyl sites for hydroxylation is 2. The zero-order chi connectivity index (χ0) is 17.1. The zero-order valence-electron chi connectivity index (χ0n) is 14.2. The van der Waals surface area contributed by atoms with Crippen LogP contribution in [0.1, 0.15) is 26.8 Å². The van der Waals surface area contributed by atoms with Gasteiger partial charge < -0.3 is 9.32 Å². The average Bonchev–Trinajstić information content (AvgIpc) is 3.26. The van der Waals surface area contributed by atoms with Crippen LogP contribution in [-0.4, -0.2) is 20.6 Å². The van der Waals surface area contributed by atoms with E-state index in [1.165, 1.54) is 9.75 Å². The molecule has 0 spiro atoms. The number of nitrogens with zero attached hydrogens (tertiary/aromatic N) is 3. The molecule has 3 aromatic heterocycles. The molecule has 3 heterocycles. The lowest BCUT2D eigenvalue weighted by atomic mass is 10.1. The molecule has 0 N–H and O–H groups in total. The monoisotopic (exact) mass is 343 g/mol. The fourth-order valence-corrected chi connectivity index (χ4v) is 3.48. The minimum Gasteiger partial charge on any atom is -0.467 e. The Bertz CT molecular complexity index is 817. The molecule has 0 aromatic carbocycles. The second kappa shape index (κ2) is 7.05. The van der Waals surface area contributed by atoms with Crippen molar-refractivity contribution in [3.05, 3.63) is 63.5 Å². The first-order chi connectivity index (χ1) is 11.5. The number of aromatic nitrogens is 2. The van der Waals surface area contributed by atoms with Gasteiger partial charge in [0.15, 0.2) is 0 Å². The summed E-state index contributed by atoms with van der Waals surface area (Å²) in [6.07, 6.45) is 3.76. The summed E-state index contributed by atoms with van der Waals surface area (Å²) in [5.41, 5.74) is 1.99. The van der Waals surface area contributed by atoms with Crippen LogP contribution >= 0.6 is 11.3 Å². The SMILES string of the molecule is Cc1ccc(CN(Cc2ccco2)C(=O)Cc2cnn(C)c2C)s1. The maximum Gasteiger partial charge on any atom is 0.227 e. The highest BCUT2D eigenvalue weighted by atomic mass is 32.1. The molecule has 0 atom stereocenters. The van der Waals surface area contributed by atoms with E-state index >= 15 is 0 Å². The Morgan fingerprint density at radius 3 is 2.71 bits per heavy atom. The molecule has 0 aliphatic heterocycles. The van der Waals surface area contributed by atoms with Crippen LogP contribution < -0.4 is 0 Å². The number of furan rings is 1. The van der Waals surface area contributed by atoms with Crippen molar-refractivity contribution in [3.63, 3.8) is 0 Å². The van der Waals surface area contributed by atoms with Crippen molar-refractivity contribution < 1.29 is 9.21 Å². The van der Waals surface area contributed by atoms with Crippen LogP contribution in [0.15, 0.2) is 41.1 Å². The largest absolute Gasteiger partial charge is 0.467 e. The maximum absolute atomic E-state index is 12.9. The Hall–Kier alpha value is -2.34. The van der Waals surface area contributed by atoms with E-state index in [2.05, 4.69) is 24.2 Å². The summed E-state index contributed by atoms with van der Waals surface area (Å²) in [6.45, 7) is 5.13. The lowest BCUT2D eigenvalue weighted by molar-refractivity contribution is -0.132. The highest BCUT2D eigenvalue weighted by molar-refractivity contribution is 7.11. The van der Waals surface area contributed by atoms with Gasteiger partial charge in [0.2, 0.25) is 5.91 Å². The van der Waals surface area contributed by atoms with Crippen LogP contribution in [0.2, 0.25) is 0 Å². The van der Waals surface area contributed by atoms with E-state index in [-0.39, 0.29) is 5.91 Å². The van der Waals surface area contributed by atoms with E-state index < -0.39 is 0 Å². The third-order valence-corrected chi connectivity index (χ3v) is 5.09. The van der Waals surface area contributed by atoms with Crippen LogP contribution in [0.5, 0.6) is 0 Å². The molecule has 0 radical (unpaired) electrons. The molecule has 1 amide bonds. The molecule has 0 aliphatic carbocycles. The van der Waals surface area contributed by atoms with Crippen molar-refractivity contribution in [2.45, 2.75) is 33.4 Å². The molecule has 0 unspecified atom stereocenters. The number of amides is 1. The molecule has 0 saturated carbocycles. The predicted octanol–water partition coefficient (Wildman–Crippen LogP) is 3.46. The average molecular weight is 343 g/mol. The van der Waals surface area contributed by atoms with E-state index in [1.54, 1.807) is 28.5 Å². The second-order valence-electron chi connectivity index (χ2n) is 5.90. The fraction of sp³-hybridized carbons (Fsp3) is 0.333. The van der Waals surface area contributed by atoms with E-state index in [0.29, 0.717) is 19.5 Å². The van der Waals surface area contributed by atoms with Crippen LogP contribution in [0.4, 0.5) is 0 Å². The van der Waals surface area contributed by atoms with Crippen molar-refractivity contribution in [1.29, 1.82) is 0 Å². The third-order valence-electron chi connectivity index (χ3n) is 4.10. The van der Waals surface area contributed by atoms with Crippen LogP contribution in [0.25, 0.3) is 0 Å². The van der Waals surface area contributed by atoms with Gasteiger partial charge in [0, 0.05) is 28.1 Å². The number of rotatable bonds is 6. The fourth-order valence-electron chi connectivity index (χ4n) is 2.57. The normalized spacial score (nSPS) is 11.0. The summed E-state index contributed by atoms with van der Waals surface area (Å²) in [5, 5.41) is 4.22. The van der Waals surface area contributed by atoms with Gasteiger partial charge in [-0.2, -0.15) is 5.10 Å². The minimum atomic E-state index is 0.0774. The third kappa shape index (κ3) is 3.76. The van der Waals surface area contributed by atoms with Crippen LogP contribution in [0, 0.1) is 13.8 Å². The summed E-state index contributed by atoms with van der Waals surface area (Å²) < 4.78 is 7.22. The van der Waals surface area contributed by atoms with Gasteiger partial charge in [-0.3, -0.25) is 9.48 Å². The Morgan fingerprint density at radius 1 is 1.29 bits per heavy atom. The van der Waals surface area contributed by atoms with E-state index in [1.807, 2.05) is 31.0 Å². The van der Waals surface area contributed by atoms with Gasteiger partial charge in [-0.25, -0.2) is 0 Å². The van der Waals surface area contributed by atoms with E-state index in [9.17, 15) is 4.79 Å². The van der Waals surface area contributed by atoms with Crippen LogP contribution in [-0.2, 0) is 31.4 Å². The van der Waals surface area contributed by atoms with Crippen LogP contribution in [0.3, 0.4) is 0 Å². The van der Waals surface area contributed by atoms with Crippen molar-refractivity contribution in [3.8, 4) is 0 Å². The Labute approximate surface area is 145 Å². The van der Waals surface area contributed by atoms with Gasteiger partial charge in [0.25, 0.3) is 0 Å². The zero-order valence-corrected chi connectivity index (χ0v) is 15.0. The molecular weight excluding hydrogens is 322 g/mol. The second-order valence-corrected chi connectivity index (χ2v) is 7.27. The van der Waals surface area contributed by atoms with Gasteiger partial charge >= 0.3 is 0 Å². The van der Waals surface area contributed by atoms with Crippen molar-refractivity contribution in [2.24, 2.45) is 7.05 Å². The first-order valence-corrected chi connectivity index (χ1v) is 8.67. The van der Waals surface area contributed by atoms with Gasteiger partial charge in [0.1, 0.15) is 5.76 Å². The molecule has 0 aliphatic rings. The molecule has 24 heavy (non-hydrogen) atoms. The van der Waals surface area contributed by atoms with Gasteiger partial charge in [-0.1, -0.05) is 0 Å². The molecule has 0 bridgehead atoms. The first-order valence-electron chi connectivity index (χ1n) is 7.86. The molecule has 5 nitrogen and oxygen atoms in total. The summed E-state index contributed by atoms with van der Waals surface area (Å²) in [4.78, 5) is 17.1. The standard InChI is InChI=1S/C18H21N3O2S/c1-13-6-7-17(24-13)12-21(11-16-5-4-8-23-16)18(22)9-15-10-19-20(3)14(15)2/h4-8,10H,9,11-12H2,1-3H3. The minimum absolute atomic E-state index is 0.0774. The lowest BCUT2D eigenvalue weighted by Crippen LogP contribution is -2.31. The Morgan fingerprint density at radius 2 is 2.12 bits per heavy atom. The quantitative estimate of drug-likeness (QED) is 0.689. The van der Waals surface area contributed by atoms with Crippen molar-refractivity contribution in [1.82, 2.24) is 14.7 Å². The highest BCUT2D eigenvalue weighted by Crippen LogP contribution is 2.20. The topological polar surface area (TPSA) is 51.3 Å². The highest BCUT2D eigenvalue weighted by Gasteiger charge is 2.19. The Kier molecular flexibility index (Phi) is 4.85. The summed E-state index contributed by atoms with van der Waals surface area (Å²) in [5.74, 6) is 0.869. The molecule has 3 aromatic rings. The van der Waals surface area contributed by atoms with Gasteiger partial charge in [-0.05, 0) is 38.1 Å². The number of hydrogen-bond acceptors (Lipinski definition) is 4. The summed E-state index contributed by atoms with van der Waals surface area (Å²) in [7, 11) is 1.89. The number of hydrogen-bond donors (Lipinski definition) is 0. The molecule has 3 rings (SSSR count). The number of carbonyl (C=O) groups is 1. The molecule has 126 valence electrons. The van der Waals surface area contributed by atoms with Gasteiger partial charge in [-0.15, -0.1) is 11.3 Å². The summed E-state index contributed by atoms with van der Waals surface area (Å²) >= 11 is 1.72. The van der Waals surface area contributed by atoms with E-state index in [4.69, 9.17) is 4.42 Å². The number of carbonyl (C=O) groups excluding carboxylic acids is 1. The van der Waals surface area contributed by atoms with Crippen molar-refractivity contribution in [2.75, 3.05) is 0 Å². The molecular formula is C18H21N3O2S. The summed E-state index contributed by atoms with van der Waals surface area (Å²) in [6, 6.07) is 7.91. The molecule has 0 fully saturated rings. The lowest BCUT2D eigenvalue weighted by Gasteiger charge is -2.21. The Balaban J connectivity index is 1.77. The maximum atomic E-state index is 12.9. The molecule has 6 heteroatoms. The molecule has 0 saturated heterocycles.